The topological polar surface area (TPSA) is 53.1 Å². The maximum Gasteiger partial charge on any atom is 0.320 e. The number of aromatic nitrogens is 2. The van der Waals surface area contributed by atoms with E-state index in [-0.39, 0.29) is 18.2 Å². The summed E-state index contributed by atoms with van der Waals surface area (Å²) in [4.78, 5) is 3.76. The van der Waals surface area contributed by atoms with Crippen molar-refractivity contribution in [2.45, 2.75) is 26.1 Å². The average molecular weight is 285 g/mol. The van der Waals surface area contributed by atoms with Crippen molar-refractivity contribution < 1.29 is 17.9 Å². The van der Waals surface area contributed by atoms with Gasteiger partial charge < -0.3 is 10.5 Å². The van der Waals surface area contributed by atoms with E-state index in [1.54, 1.807) is 6.92 Å². The highest BCUT2D eigenvalue weighted by atomic mass is 19.3. The summed E-state index contributed by atoms with van der Waals surface area (Å²) in [7, 11) is 0. The second-order valence-corrected chi connectivity index (χ2v) is 4.29. The predicted octanol–water partition coefficient (Wildman–Crippen LogP) is 3.02. The number of ether oxygens (including phenoxy) is 1. The van der Waals surface area contributed by atoms with Crippen molar-refractivity contribution in [2.24, 2.45) is 5.73 Å². The van der Waals surface area contributed by atoms with E-state index >= 15 is 0 Å². The first-order valence-electron chi connectivity index (χ1n) is 5.96. The van der Waals surface area contributed by atoms with Crippen LogP contribution in [0.15, 0.2) is 30.6 Å². The van der Waals surface area contributed by atoms with Crippen LogP contribution in [0.4, 0.5) is 13.2 Å². The molecular formula is C13H14F3N3O. The second-order valence-electron chi connectivity index (χ2n) is 4.29. The van der Waals surface area contributed by atoms with E-state index in [1.165, 1.54) is 24.4 Å². The summed E-state index contributed by atoms with van der Waals surface area (Å²) < 4.78 is 44.8. The molecule has 1 atom stereocenters. The molecule has 0 amide bonds. The SMILES string of the molecule is C[C@@H](N)c1ccc(OCc2nccn2C(F)F)cc1F. The Balaban J connectivity index is 2.08. The number of hydrogen-bond acceptors (Lipinski definition) is 3. The summed E-state index contributed by atoms with van der Waals surface area (Å²) >= 11 is 0. The molecule has 20 heavy (non-hydrogen) atoms. The first-order chi connectivity index (χ1) is 9.49. The van der Waals surface area contributed by atoms with Gasteiger partial charge >= 0.3 is 6.55 Å². The van der Waals surface area contributed by atoms with Gasteiger partial charge in [0.25, 0.3) is 0 Å². The number of nitrogens with two attached hydrogens (primary N) is 1. The third-order valence-corrected chi connectivity index (χ3v) is 2.79. The highest BCUT2D eigenvalue weighted by Gasteiger charge is 2.12. The highest BCUT2D eigenvalue weighted by molar-refractivity contribution is 5.30. The molecular weight excluding hydrogens is 271 g/mol. The Bertz CT molecular complexity index is 584. The van der Waals surface area contributed by atoms with E-state index in [0.29, 0.717) is 10.1 Å². The minimum Gasteiger partial charge on any atom is -0.486 e. The zero-order valence-corrected chi connectivity index (χ0v) is 10.8. The van der Waals surface area contributed by atoms with Crippen LogP contribution < -0.4 is 10.5 Å². The molecule has 7 heteroatoms. The molecule has 0 fully saturated rings. The third kappa shape index (κ3) is 3.11. The molecule has 0 saturated heterocycles. The van der Waals surface area contributed by atoms with Crippen molar-refractivity contribution in [3.05, 3.63) is 47.8 Å². The standard InChI is InChI=1S/C13H14F3N3O/c1-8(17)10-3-2-9(6-11(10)14)20-7-12-18-4-5-19(12)13(15)16/h2-6,8,13H,7,17H2,1H3/t8-/m1/s1. The molecule has 0 aliphatic rings. The van der Waals surface area contributed by atoms with Gasteiger partial charge in [-0.2, -0.15) is 8.78 Å². The highest BCUT2D eigenvalue weighted by Crippen LogP contribution is 2.21. The zero-order chi connectivity index (χ0) is 14.7. The molecule has 1 aromatic carbocycles. The Labute approximate surface area is 114 Å². The van der Waals surface area contributed by atoms with Gasteiger partial charge in [0.15, 0.2) is 5.82 Å². The van der Waals surface area contributed by atoms with E-state index in [2.05, 4.69) is 4.98 Å². The Kier molecular flexibility index (Phi) is 4.29. The smallest absolute Gasteiger partial charge is 0.320 e. The van der Waals surface area contributed by atoms with Gasteiger partial charge in [0.1, 0.15) is 18.2 Å². The van der Waals surface area contributed by atoms with Crippen molar-refractivity contribution in [2.75, 3.05) is 0 Å². The lowest BCUT2D eigenvalue weighted by Gasteiger charge is -2.11. The molecule has 0 saturated carbocycles. The van der Waals surface area contributed by atoms with Crippen LogP contribution in [0.2, 0.25) is 0 Å². The molecule has 4 nitrogen and oxygen atoms in total. The van der Waals surface area contributed by atoms with E-state index in [1.807, 2.05) is 0 Å². The summed E-state index contributed by atoms with van der Waals surface area (Å²) in [5.74, 6) is -0.193. The second kappa shape index (κ2) is 5.96. The number of halogens is 3. The van der Waals surface area contributed by atoms with Crippen molar-refractivity contribution >= 4 is 0 Å². The van der Waals surface area contributed by atoms with Gasteiger partial charge in [-0.1, -0.05) is 6.07 Å². The Hall–Kier alpha value is -2.02. The van der Waals surface area contributed by atoms with E-state index in [4.69, 9.17) is 10.5 Å². The van der Waals surface area contributed by atoms with Crippen LogP contribution in [0.3, 0.4) is 0 Å². The van der Waals surface area contributed by atoms with Gasteiger partial charge in [-0.3, -0.25) is 4.57 Å². The van der Waals surface area contributed by atoms with Crippen molar-refractivity contribution in [1.82, 2.24) is 9.55 Å². The van der Waals surface area contributed by atoms with Crippen LogP contribution >= 0.6 is 0 Å². The first kappa shape index (κ1) is 14.4. The maximum atomic E-state index is 13.7. The van der Waals surface area contributed by atoms with E-state index < -0.39 is 18.4 Å². The lowest BCUT2D eigenvalue weighted by Crippen LogP contribution is -2.09. The number of nitrogens with zero attached hydrogens (tertiary/aromatic N) is 2. The number of benzene rings is 1. The maximum absolute atomic E-state index is 13.7. The van der Waals surface area contributed by atoms with E-state index in [9.17, 15) is 13.2 Å². The fourth-order valence-electron chi connectivity index (χ4n) is 1.75. The van der Waals surface area contributed by atoms with Crippen LogP contribution in [0.25, 0.3) is 0 Å². The van der Waals surface area contributed by atoms with Crippen molar-refractivity contribution in [3.63, 3.8) is 0 Å². The normalized spacial score (nSPS) is 12.7. The monoisotopic (exact) mass is 285 g/mol. The summed E-state index contributed by atoms with van der Waals surface area (Å²) in [5.41, 5.74) is 5.96. The molecule has 0 aliphatic heterocycles. The quantitative estimate of drug-likeness (QED) is 0.918. The fourth-order valence-corrected chi connectivity index (χ4v) is 1.75. The van der Waals surface area contributed by atoms with Gasteiger partial charge in [-0.25, -0.2) is 9.37 Å². The third-order valence-electron chi connectivity index (χ3n) is 2.79. The molecule has 0 radical (unpaired) electrons. The summed E-state index contributed by atoms with van der Waals surface area (Å²) in [5, 5.41) is 0. The number of imidazole rings is 1. The lowest BCUT2D eigenvalue weighted by molar-refractivity contribution is 0.0632. The minimum atomic E-state index is -2.69. The number of alkyl halides is 2. The van der Waals surface area contributed by atoms with Gasteiger partial charge in [0, 0.05) is 30.1 Å². The molecule has 2 N–H and O–H groups in total. The van der Waals surface area contributed by atoms with Gasteiger partial charge in [-0.15, -0.1) is 0 Å². The minimum absolute atomic E-state index is 0.0664. The van der Waals surface area contributed by atoms with Gasteiger partial charge in [0.2, 0.25) is 0 Å². The van der Waals surface area contributed by atoms with Crippen LogP contribution in [0, 0.1) is 5.82 Å². The van der Waals surface area contributed by atoms with Crippen LogP contribution in [-0.4, -0.2) is 9.55 Å². The molecule has 108 valence electrons. The van der Waals surface area contributed by atoms with Crippen LogP contribution in [-0.2, 0) is 6.61 Å². The Morgan fingerprint density at radius 2 is 2.15 bits per heavy atom. The number of rotatable bonds is 5. The van der Waals surface area contributed by atoms with Crippen LogP contribution in [0.1, 0.15) is 30.9 Å². The van der Waals surface area contributed by atoms with Crippen LogP contribution in [0.5, 0.6) is 5.75 Å². The molecule has 0 aliphatic carbocycles. The summed E-state index contributed by atoms with van der Waals surface area (Å²) in [6, 6.07) is 3.79. The van der Waals surface area contributed by atoms with Gasteiger partial charge in [-0.05, 0) is 13.0 Å². The summed E-state index contributed by atoms with van der Waals surface area (Å²) in [6.07, 6.45) is 2.41. The molecule has 2 rings (SSSR count). The van der Waals surface area contributed by atoms with Gasteiger partial charge in [0.05, 0.1) is 0 Å². The van der Waals surface area contributed by atoms with E-state index in [0.717, 1.165) is 6.20 Å². The fraction of sp³-hybridized carbons (Fsp3) is 0.308. The predicted molar refractivity (Wildman–Crippen MR) is 66.8 cm³/mol. The molecule has 0 spiro atoms. The number of hydrogen-bond donors (Lipinski definition) is 1. The van der Waals surface area contributed by atoms with Crippen molar-refractivity contribution in [3.8, 4) is 5.75 Å². The molecule has 2 aromatic rings. The lowest BCUT2D eigenvalue weighted by atomic mass is 10.1. The Morgan fingerprint density at radius 3 is 2.75 bits per heavy atom. The molecule has 1 heterocycles. The molecule has 0 unspecified atom stereocenters. The summed E-state index contributed by atoms with van der Waals surface area (Å²) in [6.45, 7) is -1.19. The van der Waals surface area contributed by atoms with Crippen molar-refractivity contribution in [1.29, 1.82) is 0 Å². The Morgan fingerprint density at radius 1 is 1.40 bits per heavy atom. The molecule has 1 aromatic heterocycles. The largest absolute Gasteiger partial charge is 0.486 e. The average Bonchev–Trinajstić information content (AvgIpc) is 2.84. The molecule has 0 bridgehead atoms. The first-order valence-corrected chi connectivity index (χ1v) is 5.96. The zero-order valence-electron chi connectivity index (χ0n) is 10.8.